The Morgan fingerprint density at radius 2 is 1.66 bits per heavy atom. The number of rotatable bonds is 11. The minimum absolute atomic E-state index is 0.139. The highest BCUT2D eigenvalue weighted by Gasteiger charge is 2.21. The zero-order valence-corrected chi connectivity index (χ0v) is 22.7. The second-order valence-corrected chi connectivity index (χ2v) is 10.3. The van der Waals surface area contributed by atoms with E-state index >= 15 is 0 Å². The molecule has 0 aliphatic heterocycles. The highest BCUT2D eigenvalue weighted by molar-refractivity contribution is 6.31. The minimum atomic E-state index is -0.985. The third kappa shape index (κ3) is 7.78. The summed E-state index contributed by atoms with van der Waals surface area (Å²) in [6.45, 7) is 7.81. The summed E-state index contributed by atoms with van der Waals surface area (Å²) in [6.07, 6.45) is 0.685. The van der Waals surface area contributed by atoms with Crippen molar-refractivity contribution in [3.05, 3.63) is 98.6 Å². The fourth-order valence-corrected chi connectivity index (χ4v) is 4.58. The van der Waals surface area contributed by atoms with E-state index in [1.54, 1.807) is 12.1 Å². The smallest absolute Gasteiger partial charge is 0.303 e. The van der Waals surface area contributed by atoms with Crippen molar-refractivity contribution in [2.75, 3.05) is 0 Å². The van der Waals surface area contributed by atoms with Gasteiger partial charge in [0.25, 0.3) is 5.91 Å². The van der Waals surface area contributed by atoms with E-state index in [1.807, 2.05) is 26.0 Å². The maximum atomic E-state index is 14.2. The quantitative estimate of drug-likeness (QED) is 0.248. The van der Waals surface area contributed by atoms with Gasteiger partial charge in [-0.2, -0.15) is 0 Å². The van der Waals surface area contributed by atoms with Crippen LogP contribution in [0.2, 0.25) is 5.02 Å². The molecule has 0 aromatic heterocycles. The van der Waals surface area contributed by atoms with Gasteiger partial charge in [0.1, 0.15) is 24.0 Å². The van der Waals surface area contributed by atoms with E-state index in [0.717, 1.165) is 28.8 Å². The van der Waals surface area contributed by atoms with Gasteiger partial charge >= 0.3 is 5.97 Å². The number of halogens is 3. The molecule has 0 aliphatic carbocycles. The van der Waals surface area contributed by atoms with Crippen molar-refractivity contribution >= 4 is 23.5 Å². The van der Waals surface area contributed by atoms with E-state index in [4.69, 9.17) is 16.3 Å². The van der Waals surface area contributed by atoms with Crippen LogP contribution in [0, 0.1) is 31.4 Å². The van der Waals surface area contributed by atoms with Crippen LogP contribution in [0.25, 0.3) is 0 Å². The molecule has 1 unspecified atom stereocenters. The van der Waals surface area contributed by atoms with Crippen molar-refractivity contribution in [2.24, 2.45) is 5.92 Å². The largest absolute Gasteiger partial charge is 0.489 e. The van der Waals surface area contributed by atoms with Gasteiger partial charge in [0.15, 0.2) is 0 Å². The maximum Gasteiger partial charge on any atom is 0.303 e. The second-order valence-electron chi connectivity index (χ2n) is 9.90. The summed E-state index contributed by atoms with van der Waals surface area (Å²) in [7, 11) is 0. The summed E-state index contributed by atoms with van der Waals surface area (Å²) in [5.41, 5.74) is 3.82. The number of aliphatic carboxylic acids is 1. The van der Waals surface area contributed by atoms with E-state index in [1.165, 1.54) is 6.07 Å². The molecule has 0 saturated carbocycles. The molecule has 38 heavy (non-hydrogen) atoms. The van der Waals surface area contributed by atoms with Gasteiger partial charge in [0, 0.05) is 17.5 Å². The minimum Gasteiger partial charge on any atom is -0.489 e. The Balaban J connectivity index is 1.92. The first-order valence-corrected chi connectivity index (χ1v) is 12.8. The van der Waals surface area contributed by atoms with Crippen LogP contribution >= 0.6 is 11.6 Å². The summed E-state index contributed by atoms with van der Waals surface area (Å²) in [6, 6.07) is 12.5. The Labute approximate surface area is 226 Å². The number of carboxylic acids is 1. The van der Waals surface area contributed by atoms with Crippen molar-refractivity contribution in [2.45, 2.75) is 59.6 Å². The Morgan fingerprint density at radius 3 is 2.29 bits per heavy atom. The van der Waals surface area contributed by atoms with Gasteiger partial charge in [-0.25, -0.2) is 8.78 Å². The van der Waals surface area contributed by atoms with Gasteiger partial charge in [-0.3, -0.25) is 9.59 Å². The van der Waals surface area contributed by atoms with Crippen molar-refractivity contribution in [3.8, 4) is 5.75 Å². The van der Waals surface area contributed by atoms with Crippen molar-refractivity contribution in [3.63, 3.8) is 0 Å². The van der Waals surface area contributed by atoms with E-state index < -0.39 is 17.6 Å². The number of carbonyl (C=O) groups excluding carboxylic acids is 1. The third-order valence-electron chi connectivity index (χ3n) is 6.12. The summed E-state index contributed by atoms with van der Waals surface area (Å²) < 4.78 is 33.7. The van der Waals surface area contributed by atoms with Gasteiger partial charge in [-0.15, -0.1) is 0 Å². The number of carbonyl (C=O) groups is 2. The molecule has 2 N–H and O–H groups in total. The highest BCUT2D eigenvalue weighted by Crippen LogP contribution is 2.28. The number of amides is 1. The summed E-state index contributed by atoms with van der Waals surface area (Å²) in [5, 5.41) is 11.9. The van der Waals surface area contributed by atoms with E-state index in [0.29, 0.717) is 17.9 Å². The number of hydrogen-bond donors (Lipinski definition) is 2. The topological polar surface area (TPSA) is 75.6 Å². The van der Waals surface area contributed by atoms with Gasteiger partial charge in [-0.05, 0) is 68.0 Å². The lowest BCUT2D eigenvalue weighted by Crippen LogP contribution is -2.30. The number of hydrogen-bond acceptors (Lipinski definition) is 3. The zero-order valence-electron chi connectivity index (χ0n) is 21.9. The molecule has 0 bridgehead atoms. The number of benzene rings is 3. The average molecular weight is 544 g/mol. The number of ether oxygens (including phenoxy) is 1. The van der Waals surface area contributed by atoms with Crippen LogP contribution in [0.4, 0.5) is 8.78 Å². The molecule has 202 valence electrons. The maximum absolute atomic E-state index is 14.2. The molecule has 5 nitrogen and oxygen atoms in total. The Bertz CT molecular complexity index is 1310. The van der Waals surface area contributed by atoms with E-state index in [-0.39, 0.29) is 53.3 Å². The van der Waals surface area contributed by atoms with Crippen LogP contribution in [0.5, 0.6) is 5.75 Å². The molecular formula is C30H32ClF2NO4. The summed E-state index contributed by atoms with van der Waals surface area (Å²) in [4.78, 5) is 24.8. The van der Waals surface area contributed by atoms with E-state index in [2.05, 4.69) is 25.2 Å². The molecule has 3 rings (SSSR count). The molecule has 1 amide bonds. The third-order valence-corrected chi connectivity index (χ3v) is 6.52. The lowest BCUT2D eigenvalue weighted by molar-refractivity contribution is -0.136. The van der Waals surface area contributed by atoms with Crippen molar-refractivity contribution in [1.82, 2.24) is 5.32 Å². The molecule has 0 saturated heterocycles. The molecule has 0 spiro atoms. The van der Waals surface area contributed by atoms with Crippen molar-refractivity contribution in [1.29, 1.82) is 0 Å². The second kappa shape index (κ2) is 12.9. The normalized spacial score (nSPS) is 11.9. The SMILES string of the molecule is Cc1cc(C)cc(C(CC(C)C)NC(=O)c2cc(OCc3c(F)ccc(F)c3Cl)ccc2CCC(=O)O)c1. The number of carboxylic acid groups (broad SMARTS) is 1. The summed E-state index contributed by atoms with van der Waals surface area (Å²) in [5.74, 6) is -2.30. The molecular weight excluding hydrogens is 512 g/mol. The van der Waals surface area contributed by atoms with Crippen LogP contribution < -0.4 is 10.1 Å². The van der Waals surface area contributed by atoms with Crippen molar-refractivity contribution < 1.29 is 28.2 Å². The van der Waals surface area contributed by atoms with Crippen LogP contribution in [-0.4, -0.2) is 17.0 Å². The fraction of sp³-hybridized carbons (Fsp3) is 0.333. The van der Waals surface area contributed by atoms with Gasteiger partial charge < -0.3 is 15.2 Å². The van der Waals surface area contributed by atoms with E-state index in [9.17, 15) is 23.5 Å². The molecule has 0 fully saturated rings. The average Bonchev–Trinajstić information content (AvgIpc) is 2.84. The molecule has 3 aromatic rings. The van der Waals surface area contributed by atoms with Crippen LogP contribution in [0.1, 0.15) is 70.9 Å². The standard InChI is InChI=1S/C30H32ClF2NO4/c1-17(2)11-27(21-13-18(3)12-19(4)14-21)34-30(37)23-15-22(7-5-20(23)6-10-28(35)36)38-16-24-25(32)8-9-26(33)29(24)31/h5,7-9,12-15,17,27H,6,10-11,16H2,1-4H3,(H,34,37)(H,35,36). The molecule has 3 aromatic carbocycles. The number of aryl methyl sites for hydroxylation is 3. The monoisotopic (exact) mass is 543 g/mol. The molecule has 0 radical (unpaired) electrons. The zero-order chi connectivity index (χ0) is 28.0. The molecule has 0 heterocycles. The van der Waals surface area contributed by atoms with Gasteiger partial charge in [0.2, 0.25) is 0 Å². The Hall–Kier alpha value is -3.45. The predicted octanol–water partition coefficient (Wildman–Crippen LogP) is 7.35. The molecule has 8 heteroatoms. The van der Waals surface area contributed by atoms with Gasteiger partial charge in [0.05, 0.1) is 11.1 Å². The predicted molar refractivity (Wildman–Crippen MR) is 144 cm³/mol. The van der Waals surface area contributed by atoms with Crippen LogP contribution in [0.15, 0.2) is 48.5 Å². The van der Waals surface area contributed by atoms with Crippen LogP contribution in [0.3, 0.4) is 0 Å². The Kier molecular flexibility index (Phi) is 9.86. The molecule has 1 atom stereocenters. The fourth-order valence-electron chi connectivity index (χ4n) is 4.37. The first-order chi connectivity index (χ1) is 17.9. The summed E-state index contributed by atoms with van der Waals surface area (Å²) >= 11 is 5.91. The lowest BCUT2D eigenvalue weighted by atomic mass is 9.93. The number of nitrogens with one attached hydrogen (secondary N) is 1. The first-order valence-electron chi connectivity index (χ1n) is 12.4. The molecule has 0 aliphatic rings. The highest BCUT2D eigenvalue weighted by atomic mass is 35.5. The first kappa shape index (κ1) is 29.1. The lowest BCUT2D eigenvalue weighted by Gasteiger charge is -2.23. The van der Waals surface area contributed by atoms with Crippen LogP contribution in [-0.2, 0) is 17.8 Å². The van der Waals surface area contributed by atoms with Gasteiger partial charge in [-0.1, -0.05) is 60.8 Å². The Morgan fingerprint density at radius 1 is 1.00 bits per heavy atom.